The quantitative estimate of drug-likeness (QED) is 0.571. The molecule has 3 rings (SSSR count). The van der Waals surface area contributed by atoms with Gasteiger partial charge in [0.15, 0.2) is 0 Å². The van der Waals surface area contributed by atoms with Gasteiger partial charge < -0.3 is 10.4 Å². The van der Waals surface area contributed by atoms with Crippen LogP contribution in [0, 0.1) is 0 Å². The summed E-state index contributed by atoms with van der Waals surface area (Å²) in [4.78, 5) is 23.3. The first-order valence-corrected chi connectivity index (χ1v) is 5.54. The number of rotatable bonds is 0. The number of urea groups is 1. The van der Waals surface area contributed by atoms with Crippen molar-refractivity contribution in [2.75, 3.05) is 0 Å². The highest BCUT2D eigenvalue weighted by atomic mass is 16.3. The Morgan fingerprint density at radius 3 is 2.76 bits per heavy atom. The van der Waals surface area contributed by atoms with Gasteiger partial charge in [-0.3, -0.25) is 10.1 Å². The number of hydrogen-bond donors (Lipinski definition) is 3. The Morgan fingerprint density at radius 2 is 2.06 bits per heavy atom. The van der Waals surface area contributed by atoms with E-state index in [1.54, 1.807) is 18.2 Å². The first kappa shape index (κ1) is 10.3. The summed E-state index contributed by atoms with van der Waals surface area (Å²) in [6, 6.07) is 6.72. The van der Waals surface area contributed by atoms with Crippen LogP contribution in [0.2, 0.25) is 0 Å². The minimum absolute atomic E-state index is 0.332. The minimum Gasteiger partial charge on any atom is -0.388 e. The fraction of sp³-hybridized carbons (Fsp3) is 0.333. The Morgan fingerprint density at radius 1 is 1.29 bits per heavy atom. The van der Waals surface area contributed by atoms with Crippen LogP contribution in [0.4, 0.5) is 4.79 Å². The predicted molar refractivity (Wildman–Crippen MR) is 59.0 cm³/mol. The van der Waals surface area contributed by atoms with Crippen molar-refractivity contribution < 1.29 is 14.7 Å². The van der Waals surface area contributed by atoms with E-state index in [9.17, 15) is 14.7 Å². The van der Waals surface area contributed by atoms with Gasteiger partial charge in [-0.05, 0) is 24.0 Å². The maximum absolute atomic E-state index is 12.0. The largest absolute Gasteiger partial charge is 0.388 e. The summed E-state index contributed by atoms with van der Waals surface area (Å²) in [6.07, 6.45) is 0.315. The van der Waals surface area contributed by atoms with Gasteiger partial charge in [-0.15, -0.1) is 0 Å². The SMILES string of the molecule is O=C1NC(=O)[C@@]2(CC[C@@H](O)c3ccccc32)N1. The lowest BCUT2D eigenvalue weighted by molar-refractivity contribution is -0.125. The summed E-state index contributed by atoms with van der Waals surface area (Å²) in [7, 11) is 0. The van der Waals surface area contributed by atoms with E-state index in [2.05, 4.69) is 10.6 Å². The van der Waals surface area contributed by atoms with E-state index in [-0.39, 0.29) is 5.91 Å². The molecule has 0 aromatic heterocycles. The van der Waals surface area contributed by atoms with E-state index >= 15 is 0 Å². The van der Waals surface area contributed by atoms with Gasteiger partial charge in [-0.2, -0.15) is 0 Å². The Kier molecular flexibility index (Phi) is 2.00. The zero-order chi connectivity index (χ0) is 12.0. The smallest absolute Gasteiger partial charge is 0.322 e. The highest BCUT2D eigenvalue weighted by molar-refractivity contribution is 6.07. The molecule has 0 saturated carbocycles. The third kappa shape index (κ3) is 1.29. The molecule has 2 atom stereocenters. The second kappa shape index (κ2) is 3.30. The normalized spacial score (nSPS) is 31.0. The minimum atomic E-state index is -0.993. The van der Waals surface area contributed by atoms with E-state index in [1.165, 1.54) is 0 Å². The van der Waals surface area contributed by atoms with Crippen molar-refractivity contribution in [1.82, 2.24) is 10.6 Å². The lowest BCUT2D eigenvalue weighted by atomic mass is 9.75. The van der Waals surface area contributed by atoms with Crippen molar-refractivity contribution in [3.05, 3.63) is 35.4 Å². The first-order chi connectivity index (χ1) is 8.13. The van der Waals surface area contributed by atoms with Gasteiger partial charge >= 0.3 is 6.03 Å². The Labute approximate surface area is 97.8 Å². The fourth-order valence-electron chi connectivity index (χ4n) is 2.68. The molecule has 1 fully saturated rings. The van der Waals surface area contributed by atoms with Gasteiger partial charge in [0.25, 0.3) is 5.91 Å². The molecule has 0 unspecified atom stereocenters. The van der Waals surface area contributed by atoms with Crippen LogP contribution in [0.3, 0.4) is 0 Å². The standard InChI is InChI=1S/C12H12N2O3/c15-9-5-6-12(10(16)13-11(17)14-12)8-4-2-1-3-7(8)9/h1-4,9,15H,5-6H2,(H2,13,14,16,17)/t9-,12+/m1/s1. The zero-order valence-electron chi connectivity index (χ0n) is 9.06. The van der Waals surface area contributed by atoms with Gasteiger partial charge in [0.1, 0.15) is 5.54 Å². The monoisotopic (exact) mass is 232 g/mol. The van der Waals surface area contributed by atoms with E-state index in [0.717, 1.165) is 5.56 Å². The summed E-state index contributed by atoms with van der Waals surface area (Å²) in [6.45, 7) is 0. The van der Waals surface area contributed by atoms with Crippen LogP contribution >= 0.6 is 0 Å². The average Bonchev–Trinajstić information content (AvgIpc) is 2.61. The van der Waals surface area contributed by atoms with Crippen LogP contribution in [-0.4, -0.2) is 17.0 Å². The lowest BCUT2D eigenvalue weighted by Crippen LogP contribution is -2.46. The third-order valence-electron chi connectivity index (χ3n) is 3.51. The number of nitrogens with one attached hydrogen (secondary N) is 2. The molecule has 3 amide bonds. The van der Waals surface area contributed by atoms with Crippen LogP contribution in [0.25, 0.3) is 0 Å². The highest BCUT2D eigenvalue weighted by Gasteiger charge is 2.51. The average molecular weight is 232 g/mol. The van der Waals surface area contributed by atoms with Crippen molar-refractivity contribution in [2.24, 2.45) is 0 Å². The maximum atomic E-state index is 12.0. The molecule has 1 aromatic carbocycles. The van der Waals surface area contributed by atoms with Crippen LogP contribution in [0.1, 0.15) is 30.1 Å². The van der Waals surface area contributed by atoms with E-state index in [4.69, 9.17) is 0 Å². The van der Waals surface area contributed by atoms with Gasteiger partial charge in [-0.1, -0.05) is 24.3 Å². The highest BCUT2D eigenvalue weighted by Crippen LogP contribution is 2.41. The van der Waals surface area contributed by atoms with Gasteiger partial charge in [-0.25, -0.2) is 4.79 Å². The molecule has 5 heteroatoms. The number of carbonyl (C=O) groups is 2. The van der Waals surface area contributed by atoms with Crippen molar-refractivity contribution in [1.29, 1.82) is 0 Å². The molecule has 17 heavy (non-hydrogen) atoms. The van der Waals surface area contributed by atoms with Gasteiger partial charge in [0, 0.05) is 0 Å². The fourth-order valence-corrected chi connectivity index (χ4v) is 2.68. The molecule has 3 N–H and O–H groups in total. The second-order valence-electron chi connectivity index (χ2n) is 4.46. The van der Waals surface area contributed by atoms with E-state index in [0.29, 0.717) is 18.4 Å². The second-order valence-corrected chi connectivity index (χ2v) is 4.46. The molecule has 88 valence electrons. The summed E-state index contributed by atoms with van der Waals surface area (Å²) >= 11 is 0. The number of fused-ring (bicyclic) bond motifs is 2. The van der Waals surface area contributed by atoms with Crippen molar-refractivity contribution >= 4 is 11.9 Å². The van der Waals surface area contributed by atoms with Crippen LogP contribution in [0.5, 0.6) is 0 Å². The molecule has 1 heterocycles. The number of imide groups is 1. The Hall–Kier alpha value is -1.88. The van der Waals surface area contributed by atoms with Gasteiger partial charge in [0.2, 0.25) is 0 Å². The first-order valence-electron chi connectivity index (χ1n) is 5.54. The molecule has 1 saturated heterocycles. The maximum Gasteiger partial charge on any atom is 0.322 e. The summed E-state index contributed by atoms with van der Waals surface area (Å²) in [5.74, 6) is -0.332. The number of aliphatic hydroxyl groups excluding tert-OH is 1. The molecule has 2 aliphatic rings. The molecule has 1 aliphatic carbocycles. The lowest BCUT2D eigenvalue weighted by Gasteiger charge is -2.35. The Bertz CT molecular complexity index is 514. The van der Waals surface area contributed by atoms with Crippen LogP contribution in [0.15, 0.2) is 24.3 Å². The van der Waals surface area contributed by atoms with E-state index in [1.807, 2.05) is 6.07 Å². The molecule has 1 spiro atoms. The molecule has 0 radical (unpaired) electrons. The number of hydrogen-bond acceptors (Lipinski definition) is 3. The molecule has 0 bridgehead atoms. The molecule has 1 aromatic rings. The van der Waals surface area contributed by atoms with Crippen molar-refractivity contribution in [3.8, 4) is 0 Å². The van der Waals surface area contributed by atoms with Crippen LogP contribution < -0.4 is 10.6 Å². The molecular weight excluding hydrogens is 220 g/mol. The summed E-state index contributed by atoms with van der Waals surface area (Å²) in [5.41, 5.74) is 0.422. The topological polar surface area (TPSA) is 78.4 Å². The number of aliphatic hydroxyl groups is 1. The van der Waals surface area contributed by atoms with Gasteiger partial charge in [0.05, 0.1) is 6.10 Å². The summed E-state index contributed by atoms with van der Waals surface area (Å²) < 4.78 is 0. The van der Waals surface area contributed by atoms with Crippen molar-refractivity contribution in [3.63, 3.8) is 0 Å². The zero-order valence-corrected chi connectivity index (χ0v) is 9.06. The van der Waals surface area contributed by atoms with Crippen molar-refractivity contribution in [2.45, 2.75) is 24.5 Å². The molecule has 5 nitrogen and oxygen atoms in total. The molecular formula is C12H12N2O3. The third-order valence-corrected chi connectivity index (χ3v) is 3.51. The predicted octanol–water partition coefficient (Wildman–Crippen LogP) is 0.549. The summed E-state index contributed by atoms with van der Waals surface area (Å²) in [5, 5.41) is 14.9. The number of carbonyl (C=O) groups excluding carboxylic acids is 2. The number of benzene rings is 1. The molecule has 1 aliphatic heterocycles. The van der Waals surface area contributed by atoms with E-state index < -0.39 is 17.7 Å². The Balaban J connectivity index is 2.18. The number of amides is 3. The van der Waals surface area contributed by atoms with Crippen LogP contribution in [-0.2, 0) is 10.3 Å².